The topological polar surface area (TPSA) is 35.0 Å². The Hall–Kier alpha value is -0.690. The first-order valence-corrected chi connectivity index (χ1v) is 6.45. The zero-order valence-electron chi connectivity index (χ0n) is 10.3. The maximum Gasteiger partial charge on any atom is 0.433 e. The van der Waals surface area contributed by atoms with Crippen molar-refractivity contribution in [3.05, 3.63) is 23.3 Å². The lowest BCUT2D eigenvalue weighted by Crippen LogP contribution is -2.18. The van der Waals surface area contributed by atoms with Crippen molar-refractivity contribution in [1.29, 1.82) is 0 Å². The van der Waals surface area contributed by atoms with Crippen LogP contribution in [0.1, 0.15) is 37.0 Å². The molecule has 3 nitrogen and oxygen atoms in total. The third-order valence-electron chi connectivity index (χ3n) is 2.41. The minimum atomic E-state index is -4.49. The summed E-state index contributed by atoms with van der Waals surface area (Å²) in [6.07, 6.45) is -3.85. The minimum absolute atomic E-state index is 0.00842. The van der Waals surface area contributed by atoms with Gasteiger partial charge in [0.2, 0.25) is 0 Å². The van der Waals surface area contributed by atoms with Crippen molar-refractivity contribution in [3.63, 3.8) is 0 Å². The van der Waals surface area contributed by atoms with Crippen LogP contribution >= 0.6 is 15.9 Å². The van der Waals surface area contributed by atoms with Crippen LogP contribution in [0.25, 0.3) is 0 Å². The van der Waals surface area contributed by atoms with Crippen LogP contribution in [0.15, 0.2) is 6.20 Å². The van der Waals surface area contributed by atoms with Crippen LogP contribution in [0.4, 0.5) is 13.2 Å². The van der Waals surface area contributed by atoms with E-state index in [0.717, 1.165) is 0 Å². The monoisotopic (exact) mass is 326 g/mol. The zero-order valence-corrected chi connectivity index (χ0v) is 11.8. The molecule has 7 heteroatoms. The normalized spacial score (nSPS) is 14.0. The number of ether oxygens (including phenoxy) is 1. The number of alkyl halides is 4. The molecule has 0 radical (unpaired) electrons. The lowest BCUT2D eigenvalue weighted by atomic mass is 10.1. The molecule has 0 amide bonds. The van der Waals surface area contributed by atoms with Crippen LogP contribution in [0, 0.1) is 5.92 Å². The molecule has 1 heterocycles. The second-order valence-electron chi connectivity index (χ2n) is 4.13. The molecule has 102 valence electrons. The van der Waals surface area contributed by atoms with Gasteiger partial charge in [0.25, 0.3) is 0 Å². The fourth-order valence-electron chi connectivity index (χ4n) is 1.58. The second-order valence-corrected chi connectivity index (χ2v) is 4.69. The van der Waals surface area contributed by atoms with Gasteiger partial charge in [0.1, 0.15) is 6.10 Å². The molecular weight excluding hydrogens is 313 g/mol. The highest BCUT2D eigenvalue weighted by atomic mass is 79.9. The standard InChI is InChI=1S/C11H14BrF3N2O/c1-6(2)8(18-3)10-16-5-7(4-12)9(17-10)11(13,14)15/h5-6,8H,4H2,1-3H3. The fraction of sp³-hybridized carbons (Fsp3) is 0.636. The molecule has 0 aliphatic carbocycles. The molecular formula is C11H14BrF3N2O. The van der Waals surface area contributed by atoms with E-state index >= 15 is 0 Å². The summed E-state index contributed by atoms with van der Waals surface area (Å²) in [7, 11) is 1.43. The van der Waals surface area contributed by atoms with Crippen LogP contribution in [-0.2, 0) is 16.2 Å². The van der Waals surface area contributed by atoms with E-state index < -0.39 is 18.0 Å². The number of aromatic nitrogens is 2. The van der Waals surface area contributed by atoms with Crippen molar-refractivity contribution < 1.29 is 17.9 Å². The van der Waals surface area contributed by atoms with Crippen LogP contribution in [0.2, 0.25) is 0 Å². The molecule has 0 aliphatic heterocycles. The van der Waals surface area contributed by atoms with Gasteiger partial charge < -0.3 is 4.74 Å². The number of halogens is 4. The summed E-state index contributed by atoms with van der Waals surface area (Å²) in [6.45, 7) is 3.67. The van der Waals surface area contributed by atoms with Crippen molar-refractivity contribution in [3.8, 4) is 0 Å². The molecule has 1 rings (SSSR count). The number of methoxy groups -OCH3 is 1. The molecule has 0 bridgehead atoms. The molecule has 1 unspecified atom stereocenters. The van der Waals surface area contributed by atoms with E-state index in [-0.39, 0.29) is 22.6 Å². The van der Waals surface area contributed by atoms with E-state index in [4.69, 9.17) is 4.74 Å². The Balaban J connectivity index is 3.26. The Bertz CT molecular complexity index is 410. The highest BCUT2D eigenvalue weighted by Crippen LogP contribution is 2.32. The number of hydrogen-bond donors (Lipinski definition) is 0. The summed E-state index contributed by atoms with van der Waals surface area (Å²) < 4.78 is 43.6. The predicted octanol–water partition coefficient (Wildman–Crippen LogP) is 3.73. The molecule has 0 aliphatic rings. The van der Waals surface area contributed by atoms with Gasteiger partial charge in [0.05, 0.1) is 0 Å². The quantitative estimate of drug-likeness (QED) is 0.791. The van der Waals surface area contributed by atoms with Gasteiger partial charge in [-0.05, 0) is 5.92 Å². The van der Waals surface area contributed by atoms with Crippen molar-refractivity contribution in [1.82, 2.24) is 9.97 Å². The average Bonchev–Trinajstić information content (AvgIpc) is 2.28. The molecule has 1 aromatic rings. The summed E-state index contributed by atoms with van der Waals surface area (Å²) in [6, 6.07) is 0. The van der Waals surface area contributed by atoms with Gasteiger partial charge in [0, 0.05) is 24.2 Å². The highest BCUT2D eigenvalue weighted by molar-refractivity contribution is 9.08. The van der Waals surface area contributed by atoms with Gasteiger partial charge in [0.15, 0.2) is 11.5 Å². The fourth-order valence-corrected chi connectivity index (χ4v) is 1.99. The van der Waals surface area contributed by atoms with Crippen LogP contribution in [0.3, 0.4) is 0 Å². The first-order chi connectivity index (χ1) is 8.31. The van der Waals surface area contributed by atoms with Gasteiger partial charge in [-0.3, -0.25) is 0 Å². The molecule has 0 saturated heterocycles. The van der Waals surface area contributed by atoms with E-state index in [1.54, 1.807) is 0 Å². The average molecular weight is 327 g/mol. The smallest absolute Gasteiger partial charge is 0.373 e. The first-order valence-electron chi connectivity index (χ1n) is 5.33. The Kier molecular flexibility index (Phi) is 5.10. The number of nitrogens with zero attached hydrogens (tertiary/aromatic N) is 2. The molecule has 1 aromatic heterocycles. The van der Waals surface area contributed by atoms with Gasteiger partial charge >= 0.3 is 6.18 Å². The lowest BCUT2D eigenvalue weighted by molar-refractivity contribution is -0.142. The Morgan fingerprint density at radius 3 is 2.39 bits per heavy atom. The second kappa shape index (κ2) is 5.97. The Morgan fingerprint density at radius 2 is 2.00 bits per heavy atom. The van der Waals surface area contributed by atoms with E-state index in [9.17, 15) is 13.2 Å². The third kappa shape index (κ3) is 3.41. The largest absolute Gasteiger partial charge is 0.433 e. The summed E-state index contributed by atoms with van der Waals surface area (Å²) in [5.41, 5.74) is -0.892. The van der Waals surface area contributed by atoms with Crippen molar-refractivity contribution in [2.24, 2.45) is 5.92 Å². The minimum Gasteiger partial charge on any atom is -0.373 e. The SMILES string of the molecule is COC(c1ncc(CBr)c(C(F)(F)F)n1)C(C)C. The molecule has 1 atom stereocenters. The molecule has 18 heavy (non-hydrogen) atoms. The summed E-state index contributed by atoms with van der Waals surface area (Å²) in [5.74, 6) is 0.0513. The van der Waals surface area contributed by atoms with Crippen molar-refractivity contribution in [2.75, 3.05) is 7.11 Å². The molecule has 0 N–H and O–H groups in total. The van der Waals surface area contributed by atoms with Crippen LogP contribution < -0.4 is 0 Å². The van der Waals surface area contributed by atoms with E-state index in [2.05, 4.69) is 25.9 Å². The van der Waals surface area contributed by atoms with Gasteiger partial charge in [-0.15, -0.1) is 0 Å². The third-order valence-corrected chi connectivity index (χ3v) is 3.01. The van der Waals surface area contributed by atoms with E-state index in [1.807, 2.05) is 13.8 Å². The maximum absolute atomic E-state index is 12.8. The summed E-state index contributed by atoms with van der Waals surface area (Å²) >= 11 is 3.00. The maximum atomic E-state index is 12.8. The first kappa shape index (κ1) is 15.4. The number of rotatable bonds is 4. The van der Waals surface area contributed by atoms with Gasteiger partial charge in [-0.25, -0.2) is 9.97 Å². The number of hydrogen-bond acceptors (Lipinski definition) is 3. The van der Waals surface area contributed by atoms with Crippen LogP contribution in [-0.4, -0.2) is 17.1 Å². The highest BCUT2D eigenvalue weighted by Gasteiger charge is 2.36. The predicted molar refractivity (Wildman–Crippen MR) is 64.3 cm³/mol. The van der Waals surface area contributed by atoms with Crippen molar-refractivity contribution >= 4 is 15.9 Å². The molecule has 0 fully saturated rings. The lowest BCUT2D eigenvalue weighted by Gasteiger charge is -2.19. The van der Waals surface area contributed by atoms with Crippen molar-refractivity contribution in [2.45, 2.75) is 31.5 Å². The van der Waals surface area contributed by atoms with Gasteiger partial charge in [-0.2, -0.15) is 13.2 Å². The molecule has 0 saturated carbocycles. The van der Waals surface area contributed by atoms with E-state index in [0.29, 0.717) is 0 Å². The van der Waals surface area contributed by atoms with Crippen LogP contribution in [0.5, 0.6) is 0 Å². The summed E-state index contributed by atoms with van der Waals surface area (Å²) in [4.78, 5) is 7.57. The zero-order chi connectivity index (χ0) is 13.9. The molecule has 0 spiro atoms. The van der Waals surface area contributed by atoms with E-state index in [1.165, 1.54) is 13.3 Å². The molecule has 0 aromatic carbocycles. The Morgan fingerprint density at radius 1 is 1.39 bits per heavy atom. The summed E-state index contributed by atoms with van der Waals surface area (Å²) in [5, 5.41) is 0.0570. The Labute approximate surface area is 112 Å². The van der Waals surface area contributed by atoms with Gasteiger partial charge in [-0.1, -0.05) is 29.8 Å².